The number of carbonyl (C=O) groups excluding carboxylic acids is 1. The van der Waals surface area contributed by atoms with Gasteiger partial charge < -0.3 is 9.73 Å². The van der Waals surface area contributed by atoms with Gasteiger partial charge in [0.1, 0.15) is 0 Å². The largest absolute Gasteiger partial charge is 0.448 e. The van der Waals surface area contributed by atoms with Crippen LogP contribution in [0.2, 0.25) is 0 Å². The first-order chi connectivity index (χ1) is 8.00. The smallest absolute Gasteiger partial charge is 0.287 e. The predicted octanol–water partition coefficient (Wildman–Crippen LogP) is 3.02. The molecule has 0 bridgehead atoms. The van der Waals surface area contributed by atoms with Crippen LogP contribution in [0.1, 0.15) is 30.0 Å². The number of carbonyl (C=O) groups is 1. The average molecular weight is 235 g/mol. The third-order valence-corrected chi connectivity index (χ3v) is 2.54. The minimum atomic E-state index is -0.450. The quantitative estimate of drug-likeness (QED) is 0.869. The van der Waals surface area contributed by atoms with Gasteiger partial charge in [-0.1, -0.05) is 12.1 Å². The molecule has 1 aromatic heterocycles. The molecule has 0 spiro atoms. The molecule has 1 N–H and O–H groups in total. The summed E-state index contributed by atoms with van der Waals surface area (Å²) in [5.41, 5.74) is 0.802. The second-order valence-electron chi connectivity index (χ2n) is 4.30. The van der Waals surface area contributed by atoms with Gasteiger partial charge in [0.05, 0.1) is 0 Å². The Labute approximate surface area is 98.6 Å². The van der Waals surface area contributed by atoms with Crippen LogP contribution in [-0.4, -0.2) is 11.9 Å². The van der Waals surface area contributed by atoms with Crippen molar-refractivity contribution in [3.8, 4) is 0 Å². The lowest BCUT2D eigenvalue weighted by atomic mass is 10.1. The number of furan rings is 1. The van der Waals surface area contributed by atoms with Gasteiger partial charge in [-0.2, -0.15) is 0 Å². The Balaban J connectivity index is 2.52. The van der Waals surface area contributed by atoms with Gasteiger partial charge in [-0.15, -0.1) is 0 Å². The molecule has 0 aliphatic rings. The van der Waals surface area contributed by atoms with Gasteiger partial charge >= 0.3 is 0 Å². The van der Waals surface area contributed by atoms with Crippen molar-refractivity contribution >= 4 is 16.9 Å². The van der Waals surface area contributed by atoms with Crippen LogP contribution in [0, 0.1) is 12.7 Å². The van der Waals surface area contributed by atoms with E-state index in [9.17, 15) is 9.18 Å². The molecule has 0 atom stereocenters. The highest BCUT2D eigenvalue weighted by Gasteiger charge is 2.19. The van der Waals surface area contributed by atoms with Crippen LogP contribution < -0.4 is 5.32 Å². The Morgan fingerprint density at radius 3 is 2.71 bits per heavy atom. The van der Waals surface area contributed by atoms with Crippen LogP contribution in [0.15, 0.2) is 22.6 Å². The van der Waals surface area contributed by atoms with E-state index in [2.05, 4.69) is 5.32 Å². The summed E-state index contributed by atoms with van der Waals surface area (Å²) in [6.07, 6.45) is 0. The summed E-state index contributed by atoms with van der Waals surface area (Å²) in [5, 5.41) is 3.36. The molecule has 0 saturated carbocycles. The van der Waals surface area contributed by atoms with Crippen LogP contribution >= 0.6 is 0 Å². The normalized spacial score (nSPS) is 11.1. The lowest BCUT2D eigenvalue weighted by molar-refractivity contribution is 0.0916. The van der Waals surface area contributed by atoms with E-state index in [4.69, 9.17) is 4.42 Å². The van der Waals surface area contributed by atoms with E-state index in [0.29, 0.717) is 10.9 Å². The summed E-state index contributed by atoms with van der Waals surface area (Å²) < 4.78 is 18.8. The Morgan fingerprint density at radius 1 is 1.41 bits per heavy atom. The Hall–Kier alpha value is -1.84. The zero-order valence-electron chi connectivity index (χ0n) is 10.0. The van der Waals surface area contributed by atoms with Crippen LogP contribution in [0.5, 0.6) is 0 Å². The van der Waals surface area contributed by atoms with Gasteiger partial charge in [0.25, 0.3) is 5.91 Å². The summed E-state index contributed by atoms with van der Waals surface area (Å²) in [4.78, 5) is 11.8. The Kier molecular flexibility index (Phi) is 2.88. The molecule has 0 unspecified atom stereocenters. The summed E-state index contributed by atoms with van der Waals surface area (Å²) in [6, 6.07) is 4.67. The van der Waals surface area contributed by atoms with Crippen molar-refractivity contribution in [2.45, 2.75) is 26.8 Å². The molecule has 1 heterocycles. The van der Waals surface area contributed by atoms with Crippen LogP contribution in [0.4, 0.5) is 4.39 Å². The van der Waals surface area contributed by atoms with Crippen LogP contribution in [0.3, 0.4) is 0 Å². The van der Waals surface area contributed by atoms with Gasteiger partial charge in [-0.3, -0.25) is 4.79 Å². The number of halogens is 1. The van der Waals surface area contributed by atoms with Gasteiger partial charge in [-0.05, 0) is 26.8 Å². The number of hydrogen-bond donors (Lipinski definition) is 1. The number of amides is 1. The van der Waals surface area contributed by atoms with Gasteiger partial charge in [-0.25, -0.2) is 4.39 Å². The van der Waals surface area contributed by atoms with Crippen LogP contribution in [-0.2, 0) is 0 Å². The standard InChI is InChI=1S/C13H14FNO2/c1-7(2)15-13(16)11-8(3)9-5-4-6-10(14)12(9)17-11/h4-7H,1-3H3,(H,15,16). The highest BCUT2D eigenvalue weighted by Crippen LogP contribution is 2.27. The van der Waals surface area contributed by atoms with E-state index in [1.807, 2.05) is 13.8 Å². The third-order valence-electron chi connectivity index (χ3n) is 2.54. The predicted molar refractivity (Wildman–Crippen MR) is 63.5 cm³/mol. The fraction of sp³-hybridized carbons (Fsp3) is 0.308. The van der Waals surface area contributed by atoms with E-state index in [1.165, 1.54) is 6.07 Å². The van der Waals surface area contributed by atoms with Gasteiger partial charge in [0, 0.05) is 17.0 Å². The molecule has 90 valence electrons. The molecule has 3 nitrogen and oxygen atoms in total. The van der Waals surface area contributed by atoms with E-state index in [-0.39, 0.29) is 23.3 Å². The average Bonchev–Trinajstić information content (AvgIpc) is 2.57. The first kappa shape index (κ1) is 11.6. The van der Waals surface area contributed by atoms with Crippen molar-refractivity contribution < 1.29 is 13.6 Å². The lowest BCUT2D eigenvalue weighted by Gasteiger charge is -2.06. The number of aryl methyl sites for hydroxylation is 1. The summed E-state index contributed by atoms with van der Waals surface area (Å²) >= 11 is 0. The molecular formula is C13H14FNO2. The second-order valence-corrected chi connectivity index (χ2v) is 4.30. The minimum Gasteiger partial charge on any atom is -0.448 e. The first-order valence-corrected chi connectivity index (χ1v) is 5.49. The molecule has 0 radical (unpaired) electrons. The second kappa shape index (κ2) is 4.20. The maximum Gasteiger partial charge on any atom is 0.287 e. The third kappa shape index (κ3) is 2.02. The van der Waals surface area contributed by atoms with Crippen molar-refractivity contribution in [1.29, 1.82) is 0 Å². The number of rotatable bonds is 2. The molecule has 1 amide bonds. The first-order valence-electron chi connectivity index (χ1n) is 5.49. The van der Waals surface area contributed by atoms with Crippen molar-refractivity contribution in [3.63, 3.8) is 0 Å². The van der Waals surface area contributed by atoms with Gasteiger partial charge in [0.15, 0.2) is 17.2 Å². The lowest BCUT2D eigenvalue weighted by Crippen LogP contribution is -2.30. The number of benzene rings is 1. The maximum absolute atomic E-state index is 13.5. The summed E-state index contributed by atoms with van der Waals surface area (Å²) in [6.45, 7) is 5.47. The Bertz CT molecular complexity index is 572. The molecule has 0 aliphatic heterocycles. The molecule has 1 aromatic carbocycles. The summed E-state index contributed by atoms with van der Waals surface area (Å²) in [7, 11) is 0. The molecule has 17 heavy (non-hydrogen) atoms. The van der Waals surface area contributed by atoms with Crippen molar-refractivity contribution in [1.82, 2.24) is 5.32 Å². The maximum atomic E-state index is 13.5. The van der Waals surface area contributed by atoms with E-state index in [1.54, 1.807) is 19.1 Å². The molecule has 2 aromatic rings. The number of hydrogen-bond acceptors (Lipinski definition) is 2. The van der Waals surface area contributed by atoms with Crippen LogP contribution in [0.25, 0.3) is 11.0 Å². The topological polar surface area (TPSA) is 42.2 Å². The van der Waals surface area contributed by atoms with Gasteiger partial charge in [0.2, 0.25) is 0 Å². The molecule has 0 saturated heterocycles. The van der Waals surface area contributed by atoms with E-state index in [0.717, 1.165) is 0 Å². The number of nitrogens with one attached hydrogen (secondary N) is 1. The monoisotopic (exact) mass is 235 g/mol. The number of para-hydroxylation sites is 1. The highest BCUT2D eigenvalue weighted by molar-refractivity contribution is 5.99. The molecular weight excluding hydrogens is 221 g/mol. The summed E-state index contributed by atoms with van der Waals surface area (Å²) in [5.74, 6) is -0.582. The molecule has 0 fully saturated rings. The minimum absolute atomic E-state index is 0.0139. The van der Waals surface area contributed by atoms with Crippen molar-refractivity contribution in [2.75, 3.05) is 0 Å². The van der Waals surface area contributed by atoms with Crippen molar-refractivity contribution in [3.05, 3.63) is 35.3 Å². The SMILES string of the molecule is Cc1c(C(=O)NC(C)C)oc2c(F)cccc12. The zero-order chi connectivity index (χ0) is 12.6. The fourth-order valence-corrected chi connectivity index (χ4v) is 1.75. The fourth-order valence-electron chi connectivity index (χ4n) is 1.75. The van der Waals surface area contributed by atoms with Crippen molar-refractivity contribution in [2.24, 2.45) is 0 Å². The zero-order valence-corrected chi connectivity index (χ0v) is 10.0. The van der Waals surface area contributed by atoms with E-state index >= 15 is 0 Å². The molecule has 4 heteroatoms. The highest BCUT2D eigenvalue weighted by atomic mass is 19.1. The number of fused-ring (bicyclic) bond motifs is 1. The molecule has 2 rings (SSSR count). The Morgan fingerprint density at radius 2 is 2.12 bits per heavy atom. The molecule has 0 aliphatic carbocycles. The van der Waals surface area contributed by atoms with E-state index < -0.39 is 5.82 Å².